The summed E-state index contributed by atoms with van der Waals surface area (Å²) in [5.74, 6) is 0. The fourth-order valence-corrected chi connectivity index (χ4v) is 4.20. The molecule has 1 spiro atoms. The van der Waals surface area contributed by atoms with Crippen LogP contribution in [0, 0.1) is 0 Å². The van der Waals surface area contributed by atoms with Gasteiger partial charge in [0.15, 0.2) is 0 Å². The Balaban J connectivity index is 1.28. The van der Waals surface area contributed by atoms with E-state index in [1.165, 1.54) is 5.56 Å². The molecule has 2 fully saturated rings. The van der Waals surface area contributed by atoms with E-state index in [-0.39, 0.29) is 5.60 Å². The number of likely N-dealkylation sites (tertiary alicyclic amines) is 1. The molecule has 2 aliphatic rings. The van der Waals surface area contributed by atoms with Crippen LogP contribution in [0.5, 0.6) is 0 Å². The van der Waals surface area contributed by atoms with Gasteiger partial charge >= 0.3 is 0 Å². The van der Waals surface area contributed by atoms with E-state index in [1.54, 1.807) is 0 Å². The zero-order valence-electron chi connectivity index (χ0n) is 15.6. The predicted octanol–water partition coefficient (Wildman–Crippen LogP) is 2.73. The Labute approximate surface area is 156 Å². The van der Waals surface area contributed by atoms with Gasteiger partial charge in [0.05, 0.1) is 17.9 Å². The van der Waals surface area contributed by atoms with Crippen molar-refractivity contribution in [1.29, 1.82) is 0 Å². The number of piperidine rings is 1. The van der Waals surface area contributed by atoms with E-state index in [2.05, 4.69) is 51.1 Å². The molecular weight excluding hydrogens is 324 g/mol. The van der Waals surface area contributed by atoms with Gasteiger partial charge in [0, 0.05) is 50.8 Å². The molecule has 0 N–H and O–H groups in total. The molecule has 1 atom stereocenters. The van der Waals surface area contributed by atoms with E-state index in [1.807, 2.05) is 24.7 Å². The van der Waals surface area contributed by atoms with Crippen molar-refractivity contribution in [2.75, 3.05) is 26.7 Å². The van der Waals surface area contributed by atoms with Crippen LogP contribution >= 0.6 is 0 Å². The fraction of sp³-hybridized carbons (Fsp3) is 0.524. The van der Waals surface area contributed by atoms with Crippen LogP contribution in [0.25, 0.3) is 0 Å². The van der Waals surface area contributed by atoms with Crippen LogP contribution < -0.4 is 0 Å². The lowest BCUT2D eigenvalue weighted by atomic mass is 9.87. The minimum atomic E-state index is 0.0811. The third kappa shape index (κ3) is 4.11. The number of nitrogens with zero attached hydrogens (tertiary/aromatic N) is 4. The van der Waals surface area contributed by atoms with Crippen molar-refractivity contribution in [2.45, 2.75) is 44.0 Å². The molecule has 138 valence electrons. The van der Waals surface area contributed by atoms with Gasteiger partial charge in [-0.05, 0) is 56.1 Å². The van der Waals surface area contributed by atoms with Crippen LogP contribution in [-0.4, -0.2) is 58.2 Å². The lowest BCUT2D eigenvalue weighted by Gasteiger charge is -2.38. The van der Waals surface area contributed by atoms with Crippen molar-refractivity contribution in [3.63, 3.8) is 0 Å². The Morgan fingerprint density at radius 1 is 1.15 bits per heavy atom. The van der Waals surface area contributed by atoms with Crippen LogP contribution in [0.3, 0.4) is 0 Å². The van der Waals surface area contributed by atoms with Crippen LogP contribution in [-0.2, 0) is 17.8 Å². The summed E-state index contributed by atoms with van der Waals surface area (Å²) >= 11 is 0. The first-order valence-electron chi connectivity index (χ1n) is 9.58. The zero-order valence-corrected chi connectivity index (χ0v) is 15.6. The van der Waals surface area contributed by atoms with Crippen molar-refractivity contribution in [2.24, 2.45) is 0 Å². The molecule has 4 heterocycles. The summed E-state index contributed by atoms with van der Waals surface area (Å²) in [6.45, 7) is 4.94. The molecule has 0 amide bonds. The molecule has 0 bridgehead atoms. The number of rotatable bonds is 5. The van der Waals surface area contributed by atoms with E-state index in [0.29, 0.717) is 6.04 Å². The number of ether oxygens (including phenoxy) is 1. The second kappa shape index (κ2) is 7.82. The minimum absolute atomic E-state index is 0.0811. The molecule has 2 aromatic heterocycles. The highest BCUT2D eigenvalue weighted by molar-refractivity contribution is 5.10. The highest BCUT2D eigenvalue weighted by Crippen LogP contribution is 2.37. The van der Waals surface area contributed by atoms with Crippen molar-refractivity contribution in [3.8, 4) is 0 Å². The van der Waals surface area contributed by atoms with Gasteiger partial charge in [0.2, 0.25) is 0 Å². The average molecular weight is 352 g/mol. The summed E-state index contributed by atoms with van der Waals surface area (Å²) in [6, 6.07) is 10.8. The number of pyridine rings is 2. The summed E-state index contributed by atoms with van der Waals surface area (Å²) in [5, 5.41) is 0. The maximum atomic E-state index is 6.36. The molecule has 0 unspecified atom stereocenters. The first kappa shape index (κ1) is 17.6. The Bertz CT molecular complexity index is 686. The van der Waals surface area contributed by atoms with Gasteiger partial charge in [-0.2, -0.15) is 0 Å². The molecule has 2 saturated heterocycles. The van der Waals surface area contributed by atoms with Crippen molar-refractivity contribution in [1.82, 2.24) is 19.8 Å². The van der Waals surface area contributed by atoms with E-state index in [4.69, 9.17) is 4.74 Å². The zero-order chi connectivity index (χ0) is 17.8. The van der Waals surface area contributed by atoms with Gasteiger partial charge in [-0.3, -0.25) is 19.8 Å². The molecule has 2 aliphatic heterocycles. The van der Waals surface area contributed by atoms with Crippen LogP contribution in [0.4, 0.5) is 0 Å². The SMILES string of the molecule is CN(Cc1ccncc1)[C@H]1COC2(CCN(Cc3ccccn3)CC2)C1. The number of aromatic nitrogens is 2. The summed E-state index contributed by atoms with van der Waals surface area (Å²) in [4.78, 5) is 13.5. The molecule has 5 nitrogen and oxygen atoms in total. The largest absolute Gasteiger partial charge is 0.373 e. The number of likely N-dealkylation sites (N-methyl/N-ethyl adjacent to an activating group) is 1. The standard InChI is InChI=1S/C21H28N4O/c1-24(15-18-5-10-22-11-6-18)20-14-21(26-17-20)7-12-25(13-8-21)16-19-4-2-3-9-23-19/h2-6,9-11,20H,7-8,12-17H2,1H3/t20-/m1/s1. The molecule has 0 aliphatic carbocycles. The number of hydrogen-bond acceptors (Lipinski definition) is 5. The fourth-order valence-electron chi connectivity index (χ4n) is 4.20. The second-order valence-corrected chi connectivity index (χ2v) is 7.72. The van der Waals surface area contributed by atoms with E-state index in [9.17, 15) is 0 Å². The molecule has 0 aromatic carbocycles. The molecule has 26 heavy (non-hydrogen) atoms. The highest BCUT2D eigenvalue weighted by atomic mass is 16.5. The van der Waals surface area contributed by atoms with E-state index >= 15 is 0 Å². The van der Waals surface area contributed by atoms with Gasteiger partial charge in [0.1, 0.15) is 0 Å². The Morgan fingerprint density at radius 2 is 1.96 bits per heavy atom. The van der Waals surface area contributed by atoms with Crippen LogP contribution in [0.1, 0.15) is 30.5 Å². The van der Waals surface area contributed by atoms with Gasteiger partial charge in [-0.25, -0.2) is 0 Å². The van der Waals surface area contributed by atoms with Crippen molar-refractivity contribution >= 4 is 0 Å². The van der Waals surface area contributed by atoms with Gasteiger partial charge in [-0.1, -0.05) is 6.07 Å². The van der Waals surface area contributed by atoms with Gasteiger partial charge < -0.3 is 4.74 Å². The van der Waals surface area contributed by atoms with E-state index in [0.717, 1.165) is 57.7 Å². The lowest BCUT2D eigenvalue weighted by Crippen LogP contribution is -2.44. The summed E-state index contributed by atoms with van der Waals surface area (Å²) in [6.07, 6.45) is 9.01. The van der Waals surface area contributed by atoms with Crippen molar-refractivity contribution < 1.29 is 4.74 Å². The molecule has 0 saturated carbocycles. The Morgan fingerprint density at radius 3 is 2.69 bits per heavy atom. The normalized spacial score (nSPS) is 22.9. The maximum Gasteiger partial charge on any atom is 0.0723 e. The first-order chi connectivity index (χ1) is 12.7. The Hall–Kier alpha value is -1.82. The summed E-state index contributed by atoms with van der Waals surface area (Å²) < 4.78 is 6.36. The van der Waals surface area contributed by atoms with Crippen LogP contribution in [0.15, 0.2) is 48.9 Å². The Kier molecular flexibility index (Phi) is 5.29. The second-order valence-electron chi connectivity index (χ2n) is 7.72. The third-order valence-corrected chi connectivity index (χ3v) is 5.87. The molecular formula is C21H28N4O. The minimum Gasteiger partial charge on any atom is -0.373 e. The average Bonchev–Trinajstić information content (AvgIpc) is 3.10. The molecule has 4 rings (SSSR count). The van der Waals surface area contributed by atoms with Gasteiger partial charge in [0.25, 0.3) is 0 Å². The van der Waals surface area contributed by atoms with E-state index < -0.39 is 0 Å². The maximum absolute atomic E-state index is 6.36. The quantitative estimate of drug-likeness (QED) is 0.828. The summed E-state index contributed by atoms with van der Waals surface area (Å²) in [5.41, 5.74) is 2.55. The molecule has 2 aromatic rings. The molecule has 5 heteroatoms. The van der Waals surface area contributed by atoms with Gasteiger partial charge in [-0.15, -0.1) is 0 Å². The predicted molar refractivity (Wildman–Crippen MR) is 102 cm³/mol. The smallest absolute Gasteiger partial charge is 0.0723 e. The third-order valence-electron chi connectivity index (χ3n) is 5.87. The monoisotopic (exact) mass is 352 g/mol. The van der Waals surface area contributed by atoms with Crippen molar-refractivity contribution in [3.05, 3.63) is 60.2 Å². The first-order valence-corrected chi connectivity index (χ1v) is 9.58. The summed E-state index contributed by atoms with van der Waals surface area (Å²) in [7, 11) is 2.21. The molecule has 0 radical (unpaired) electrons. The number of hydrogen-bond donors (Lipinski definition) is 0. The topological polar surface area (TPSA) is 41.5 Å². The van der Waals surface area contributed by atoms with Crippen LogP contribution in [0.2, 0.25) is 0 Å². The highest BCUT2D eigenvalue weighted by Gasteiger charge is 2.43. The lowest BCUT2D eigenvalue weighted by molar-refractivity contribution is -0.0454.